The molecule has 3 aliphatic rings. The maximum absolute atomic E-state index is 13.1. The van der Waals surface area contributed by atoms with E-state index in [1.54, 1.807) is 18.2 Å². The Balaban J connectivity index is 1.20. The number of hydrogen-bond acceptors (Lipinski definition) is 7. The Bertz CT molecular complexity index is 1190. The Hall–Kier alpha value is -1.50. The second-order valence-electron chi connectivity index (χ2n) is 9.36. The lowest BCUT2D eigenvalue weighted by Crippen LogP contribution is -2.55. The van der Waals surface area contributed by atoms with Gasteiger partial charge in [0, 0.05) is 41.5 Å². The Morgan fingerprint density at radius 1 is 1.03 bits per heavy atom. The summed E-state index contributed by atoms with van der Waals surface area (Å²) in [5.74, 6) is -0.388. The summed E-state index contributed by atoms with van der Waals surface area (Å²) >= 11 is 8.53. The largest absolute Gasteiger partial charge is 0.337 e. The molecule has 0 aromatic carbocycles. The molecule has 2 unspecified atom stereocenters. The molecular weight excluding hydrogens is 528 g/mol. The van der Waals surface area contributed by atoms with Gasteiger partial charge in [0.15, 0.2) is 0 Å². The van der Waals surface area contributed by atoms with Crippen molar-refractivity contribution in [1.29, 1.82) is 0 Å². The molecule has 4 heterocycles. The fourth-order valence-corrected chi connectivity index (χ4v) is 8.40. The quantitative estimate of drug-likeness (QED) is 0.494. The molecule has 8 nitrogen and oxygen atoms in total. The number of carbonyl (C=O) groups is 2. The van der Waals surface area contributed by atoms with Crippen molar-refractivity contribution < 1.29 is 18.0 Å². The van der Waals surface area contributed by atoms with Gasteiger partial charge in [-0.2, -0.15) is 4.72 Å². The monoisotopic (exact) mass is 556 g/mol. The molecule has 0 spiro atoms. The number of nitrogens with one attached hydrogen (secondary N) is 2. The third-order valence-electron chi connectivity index (χ3n) is 6.73. The number of nitrogens with zero attached hydrogens (tertiary/aromatic N) is 2. The van der Waals surface area contributed by atoms with Crippen LogP contribution in [-0.4, -0.2) is 74.3 Å². The number of piperidine rings is 1. The molecule has 190 valence electrons. The van der Waals surface area contributed by atoms with Gasteiger partial charge in [-0.1, -0.05) is 11.6 Å². The van der Waals surface area contributed by atoms with Gasteiger partial charge in [-0.25, -0.2) is 8.42 Å². The first-order valence-corrected chi connectivity index (χ1v) is 15.5. The average molecular weight is 557 g/mol. The number of thiophene rings is 2. The molecule has 0 radical (unpaired) electrons. The maximum Gasteiger partial charge on any atom is 0.250 e. The molecule has 1 saturated carbocycles. The molecule has 2 aromatic rings. The first kappa shape index (κ1) is 25.2. The van der Waals surface area contributed by atoms with Crippen molar-refractivity contribution in [2.45, 2.75) is 60.9 Å². The van der Waals surface area contributed by atoms with Crippen molar-refractivity contribution >= 4 is 56.1 Å². The van der Waals surface area contributed by atoms with Gasteiger partial charge in [0.25, 0.3) is 10.0 Å². The van der Waals surface area contributed by atoms with Crippen LogP contribution < -0.4 is 10.0 Å². The van der Waals surface area contributed by atoms with Crippen LogP contribution in [-0.2, 0) is 19.6 Å². The summed E-state index contributed by atoms with van der Waals surface area (Å²) in [6, 6.07) is 6.83. The van der Waals surface area contributed by atoms with Crippen molar-refractivity contribution in [3.05, 3.63) is 28.6 Å². The summed E-state index contributed by atoms with van der Waals surface area (Å²) in [7, 11) is -3.87. The molecule has 3 fully saturated rings. The predicted molar refractivity (Wildman–Crippen MR) is 138 cm³/mol. The second-order valence-corrected chi connectivity index (χ2v) is 14.1. The number of halogens is 1. The van der Waals surface area contributed by atoms with Crippen molar-refractivity contribution in [1.82, 2.24) is 19.8 Å². The standard InChI is InChI=1S/C23H29ClN4O4S3/c24-20-9-7-18(33-20)19-8-10-22(34-19)35(31,32)26-17-4-2-11-27(23(17)30)14-21(29)28-12-1-3-16(28)13-25-15-5-6-15/h7-10,15-17,25-26H,1-6,11-14H2. The van der Waals surface area contributed by atoms with Crippen molar-refractivity contribution in [3.63, 3.8) is 0 Å². The van der Waals surface area contributed by atoms with Gasteiger partial charge < -0.3 is 15.1 Å². The van der Waals surface area contributed by atoms with E-state index in [0.717, 1.165) is 40.5 Å². The van der Waals surface area contributed by atoms with E-state index in [0.29, 0.717) is 36.3 Å². The van der Waals surface area contributed by atoms with E-state index in [2.05, 4.69) is 10.0 Å². The lowest BCUT2D eigenvalue weighted by atomic mass is 10.1. The van der Waals surface area contributed by atoms with Gasteiger partial charge in [0.05, 0.1) is 10.9 Å². The zero-order valence-electron chi connectivity index (χ0n) is 19.2. The summed E-state index contributed by atoms with van der Waals surface area (Å²) in [6.45, 7) is 1.97. The Labute approximate surface area is 218 Å². The van der Waals surface area contributed by atoms with Crippen LogP contribution in [0.2, 0.25) is 4.34 Å². The highest BCUT2D eigenvalue weighted by Crippen LogP contribution is 2.37. The van der Waals surface area contributed by atoms with E-state index in [4.69, 9.17) is 11.6 Å². The van der Waals surface area contributed by atoms with Crippen LogP contribution in [0.15, 0.2) is 28.5 Å². The van der Waals surface area contributed by atoms with E-state index in [1.165, 1.54) is 29.1 Å². The van der Waals surface area contributed by atoms with Crippen LogP contribution in [0.5, 0.6) is 0 Å². The molecule has 35 heavy (non-hydrogen) atoms. The van der Waals surface area contributed by atoms with Crippen molar-refractivity contribution in [2.24, 2.45) is 0 Å². The van der Waals surface area contributed by atoms with Gasteiger partial charge in [-0.3, -0.25) is 9.59 Å². The van der Waals surface area contributed by atoms with Crippen molar-refractivity contribution in [3.8, 4) is 9.75 Å². The third-order valence-corrected chi connectivity index (χ3v) is 11.2. The summed E-state index contributed by atoms with van der Waals surface area (Å²) < 4.78 is 29.4. The minimum atomic E-state index is -3.87. The van der Waals surface area contributed by atoms with Crippen LogP contribution in [0, 0.1) is 0 Å². The lowest BCUT2D eigenvalue weighted by molar-refractivity contribution is -0.143. The maximum atomic E-state index is 13.1. The summed E-state index contributed by atoms with van der Waals surface area (Å²) in [4.78, 5) is 31.3. The van der Waals surface area contributed by atoms with Crippen LogP contribution in [0.3, 0.4) is 0 Å². The normalized spacial score (nSPS) is 23.3. The molecular formula is C23H29ClN4O4S3. The highest BCUT2D eigenvalue weighted by molar-refractivity contribution is 7.91. The molecule has 2 aliphatic heterocycles. The zero-order chi connectivity index (χ0) is 24.6. The van der Waals surface area contributed by atoms with E-state index < -0.39 is 16.1 Å². The van der Waals surface area contributed by atoms with E-state index >= 15 is 0 Å². The number of rotatable bonds is 9. The van der Waals surface area contributed by atoms with Gasteiger partial charge in [0.2, 0.25) is 11.8 Å². The Kier molecular flexibility index (Phi) is 7.53. The molecule has 1 aliphatic carbocycles. The number of likely N-dealkylation sites (tertiary alicyclic amines) is 2. The molecule has 2 saturated heterocycles. The fraction of sp³-hybridized carbons (Fsp3) is 0.565. The van der Waals surface area contributed by atoms with Crippen LogP contribution >= 0.6 is 34.3 Å². The summed E-state index contributed by atoms with van der Waals surface area (Å²) in [5.41, 5.74) is 0. The molecule has 2 aromatic heterocycles. The highest BCUT2D eigenvalue weighted by Gasteiger charge is 2.36. The topological polar surface area (TPSA) is 98.8 Å². The van der Waals surface area contributed by atoms with Gasteiger partial charge >= 0.3 is 0 Å². The Morgan fingerprint density at radius 3 is 2.51 bits per heavy atom. The lowest BCUT2D eigenvalue weighted by Gasteiger charge is -2.34. The number of hydrogen-bond donors (Lipinski definition) is 2. The van der Waals surface area contributed by atoms with Gasteiger partial charge in [0.1, 0.15) is 10.3 Å². The summed E-state index contributed by atoms with van der Waals surface area (Å²) in [5, 5.41) is 3.50. The number of carbonyl (C=O) groups excluding carboxylic acids is 2. The minimum Gasteiger partial charge on any atom is -0.337 e. The second kappa shape index (κ2) is 10.5. The number of sulfonamides is 1. The number of amides is 2. The Morgan fingerprint density at radius 2 is 1.77 bits per heavy atom. The van der Waals surface area contributed by atoms with Crippen LogP contribution in [0.1, 0.15) is 38.5 Å². The zero-order valence-corrected chi connectivity index (χ0v) is 22.4. The first-order chi connectivity index (χ1) is 16.8. The first-order valence-electron chi connectivity index (χ1n) is 12.0. The molecule has 5 rings (SSSR count). The third kappa shape index (κ3) is 5.91. The van der Waals surface area contributed by atoms with Crippen LogP contribution in [0.25, 0.3) is 9.75 Å². The average Bonchev–Trinajstić information content (AvgIpc) is 3.20. The predicted octanol–water partition coefficient (Wildman–Crippen LogP) is 3.14. The van der Waals surface area contributed by atoms with E-state index in [1.807, 2.05) is 11.0 Å². The molecule has 12 heteroatoms. The SMILES string of the molecule is O=C1C(NS(=O)(=O)c2ccc(-c3ccc(Cl)s3)s2)CCCN1CC(=O)N1CCCC1CNC1CC1. The van der Waals surface area contributed by atoms with Crippen molar-refractivity contribution in [2.75, 3.05) is 26.2 Å². The van der Waals surface area contributed by atoms with E-state index in [-0.39, 0.29) is 28.6 Å². The van der Waals surface area contributed by atoms with E-state index in [9.17, 15) is 18.0 Å². The van der Waals surface area contributed by atoms with Gasteiger partial charge in [-0.15, -0.1) is 22.7 Å². The molecule has 0 bridgehead atoms. The molecule has 2 amide bonds. The minimum absolute atomic E-state index is 0.000717. The van der Waals surface area contributed by atoms with Gasteiger partial charge in [-0.05, 0) is 62.8 Å². The molecule has 2 N–H and O–H groups in total. The summed E-state index contributed by atoms with van der Waals surface area (Å²) in [6.07, 6.45) is 5.41. The van der Waals surface area contributed by atoms with Crippen LogP contribution in [0.4, 0.5) is 0 Å². The smallest absolute Gasteiger partial charge is 0.250 e. The highest BCUT2D eigenvalue weighted by atomic mass is 35.5. The molecule has 2 atom stereocenters. The fourth-order valence-electron chi connectivity index (χ4n) is 4.72.